The molecule has 0 saturated carbocycles. The molecule has 0 nitrogen and oxygen atoms in total. The van der Waals surface area contributed by atoms with E-state index in [1.165, 1.54) is 25.7 Å². The normalized spacial score (nSPS) is 22.7. The maximum atomic E-state index is 4.22. The third kappa shape index (κ3) is 2.75. The third-order valence-corrected chi connectivity index (χ3v) is 9.60. The fourth-order valence-corrected chi connectivity index (χ4v) is 8.08. The predicted octanol–water partition coefficient (Wildman–Crippen LogP) is 4.24. The van der Waals surface area contributed by atoms with E-state index in [0.29, 0.717) is 0 Å². The summed E-state index contributed by atoms with van der Waals surface area (Å²) in [5, 5.41) is 0. The van der Waals surface area contributed by atoms with Crippen LogP contribution in [0.4, 0.5) is 0 Å². The third-order valence-electron chi connectivity index (χ3n) is 2.83. The van der Waals surface area contributed by atoms with Crippen molar-refractivity contribution in [3.8, 4) is 0 Å². The standard InChI is InChI=1S/C11H21I/c1-4-10(3)12-8-6-11(5-2)7-9-12/h11H,3-9H2,1-2H3. The van der Waals surface area contributed by atoms with Gasteiger partial charge in [0, 0.05) is 0 Å². The zero-order valence-electron chi connectivity index (χ0n) is 8.41. The molecule has 0 aromatic heterocycles. The Labute approximate surface area is 84.2 Å². The SMILES string of the molecule is C=C(CC)I1CCC(CC)CC1. The Morgan fingerprint density at radius 1 is 1.33 bits per heavy atom. The van der Waals surface area contributed by atoms with E-state index >= 15 is 0 Å². The molecule has 0 atom stereocenters. The maximum absolute atomic E-state index is 4.22. The van der Waals surface area contributed by atoms with Crippen molar-refractivity contribution in [2.45, 2.75) is 39.5 Å². The number of alkyl halides is 2. The topological polar surface area (TPSA) is 0 Å². The van der Waals surface area contributed by atoms with E-state index in [2.05, 4.69) is 20.4 Å². The molecule has 1 saturated heterocycles. The van der Waals surface area contributed by atoms with E-state index in [9.17, 15) is 0 Å². The van der Waals surface area contributed by atoms with Gasteiger partial charge in [-0.25, -0.2) is 0 Å². The number of hydrogen-bond acceptors (Lipinski definition) is 0. The van der Waals surface area contributed by atoms with Gasteiger partial charge in [0.05, 0.1) is 0 Å². The summed E-state index contributed by atoms with van der Waals surface area (Å²) < 4.78 is 4.78. The molecule has 0 amide bonds. The Kier molecular flexibility index (Phi) is 4.62. The molecule has 12 heavy (non-hydrogen) atoms. The fourth-order valence-electron chi connectivity index (χ4n) is 1.68. The van der Waals surface area contributed by atoms with E-state index < -0.39 is 19.8 Å². The Bertz CT molecular complexity index is 143. The molecule has 0 aliphatic carbocycles. The van der Waals surface area contributed by atoms with Crippen molar-refractivity contribution in [1.29, 1.82) is 0 Å². The fraction of sp³-hybridized carbons (Fsp3) is 0.818. The summed E-state index contributed by atoms with van der Waals surface area (Å²) in [6.07, 6.45) is 5.69. The van der Waals surface area contributed by atoms with Gasteiger partial charge in [-0.2, -0.15) is 0 Å². The minimum atomic E-state index is -0.637. The number of halogens is 1. The van der Waals surface area contributed by atoms with Crippen LogP contribution in [0.2, 0.25) is 0 Å². The van der Waals surface area contributed by atoms with Crippen LogP contribution in [0.1, 0.15) is 39.5 Å². The van der Waals surface area contributed by atoms with Gasteiger partial charge in [0.25, 0.3) is 0 Å². The van der Waals surface area contributed by atoms with Crippen LogP contribution < -0.4 is 0 Å². The van der Waals surface area contributed by atoms with E-state index in [0.717, 1.165) is 5.92 Å². The zero-order chi connectivity index (χ0) is 8.97. The Morgan fingerprint density at radius 2 is 1.92 bits per heavy atom. The Balaban J connectivity index is 2.30. The van der Waals surface area contributed by atoms with Crippen LogP contribution >= 0.6 is 19.8 Å². The molecular weight excluding hydrogens is 259 g/mol. The van der Waals surface area contributed by atoms with E-state index in [4.69, 9.17) is 0 Å². The molecular formula is C11H21I. The van der Waals surface area contributed by atoms with Crippen LogP contribution in [0.5, 0.6) is 0 Å². The molecule has 0 bridgehead atoms. The van der Waals surface area contributed by atoms with Gasteiger partial charge in [-0.1, -0.05) is 0 Å². The molecule has 1 heterocycles. The molecule has 0 radical (unpaired) electrons. The first-order chi connectivity index (χ1) is 5.77. The predicted molar refractivity (Wildman–Crippen MR) is 66.2 cm³/mol. The second-order valence-electron chi connectivity index (χ2n) is 3.56. The summed E-state index contributed by atoms with van der Waals surface area (Å²) in [6.45, 7) is 8.82. The van der Waals surface area contributed by atoms with E-state index in [1.807, 2.05) is 0 Å². The van der Waals surface area contributed by atoms with Crippen molar-refractivity contribution in [3.05, 3.63) is 10.2 Å². The summed E-state index contributed by atoms with van der Waals surface area (Å²) in [5.74, 6) is 1.06. The van der Waals surface area contributed by atoms with Crippen molar-refractivity contribution in [3.63, 3.8) is 0 Å². The summed E-state index contributed by atoms with van der Waals surface area (Å²) in [6, 6.07) is 0. The molecule has 1 aliphatic heterocycles. The summed E-state index contributed by atoms with van der Waals surface area (Å²) in [4.78, 5) is 0. The molecule has 72 valence electrons. The second kappa shape index (κ2) is 5.25. The van der Waals surface area contributed by atoms with Crippen molar-refractivity contribution < 1.29 is 0 Å². The van der Waals surface area contributed by atoms with Gasteiger partial charge in [-0.15, -0.1) is 0 Å². The van der Waals surface area contributed by atoms with Crippen LogP contribution in [-0.4, -0.2) is 8.86 Å². The molecule has 0 N–H and O–H groups in total. The number of hydrogen-bond donors (Lipinski definition) is 0. The van der Waals surface area contributed by atoms with Crippen LogP contribution in [0.3, 0.4) is 0 Å². The number of allylic oxidation sites excluding steroid dienone is 1. The van der Waals surface area contributed by atoms with Gasteiger partial charge >= 0.3 is 84.3 Å². The summed E-state index contributed by atoms with van der Waals surface area (Å²) >= 11 is -0.637. The van der Waals surface area contributed by atoms with Crippen LogP contribution in [0, 0.1) is 5.92 Å². The Morgan fingerprint density at radius 3 is 2.33 bits per heavy atom. The molecule has 1 aliphatic rings. The van der Waals surface area contributed by atoms with Crippen molar-refractivity contribution in [1.82, 2.24) is 0 Å². The zero-order valence-corrected chi connectivity index (χ0v) is 10.6. The van der Waals surface area contributed by atoms with Gasteiger partial charge in [0.1, 0.15) is 0 Å². The molecule has 0 aromatic carbocycles. The quantitative estimate of drug-likeness (QED) is 0.536. The monoisotopic (exact) mass is 280 g/mol. The molecule has 0 spiro atoms. The second-order valence-corrected chi connectivity index (χ2v) is 9.84. The Hall–Kier alpha value is 0.470. The van der Waals surface area contributed by atoms with Crippen LogP contribution in [0.25, 0.3) is 0 Å². The van der Waals surface area contributed by atoms with Gasteiger partial charge in [0.2, 0.25) is 0 Å². The van der Waals surface area contributed by atoms with E-state index in [1.54, 1.807) is 12.4 Å². The molecule has 1 rings (SSSR count). The first-order valence-corrected chi connectivity index (χ1v) is 9.20. The summed E-state index contributed by atoms with van der Waals surface area (Å²) in [5.41, 5.74) is 0. The summed E-state index contributed by atoms with van der Waals surface area (Å²) in [7, 11) is 0. The van der Waals surface area contributed by atoms with Gasteiger partial charge in [-0.3, -0.25) is 0 Å². The van der Waals surface area contributed by atoms with E-state index in [-0.39, 0.29) is 0 Å². The van der Waals surface area contributed by atoms with Crippen LogP contribution in [-0.2, 0) is 0 Å². The minimum absolute atomic E-state index is 0.637. The number of rotatable bonds is 3. The molecule has 1 fully saturated rings. The van der Waals surface area contributed by atoms with Crippen LogP contribution in [0.15, 0.2) is 10.2 Å². The average Bonchev–Trinajstić information content (AvgIpc) is 2.17. The first-order valence-electron chi connectivity index (χ1n) is 5.07. The van der Waals surface area contributed by atoms with Gasteiger partial charge in [-0.05, 0) is 0 Å². The van der Waals surface area contributed by atoms with Gasteiger partial charge in [0.15, 0.2) is 0 Å². The average molecular weight is 280 g/mol. The van der Waals surface area contributed by atoms with Crippen molar-refractivity contribution in [2.75, 3.05) is 8.86 Å². The first kappa shape index (κ1) is 10.6. The molecule has 0 unspecified atom stereocenters. The molecule has 0 aromatic rings. The van der Waals surface area contributed by atoms with Gasteiger partial charge < -0.3 is 0 Å². The molecule has 1 heteroatoms. The van der Waals surface area contributed by atoms with Crippen molar-refractivity contribution >= 4 is 19.8 Å². The van der Waals surface area contributed by atoms with Crippen molar-refractivity contribution in [2.24, 2.45) is 5.92 Å².